The van der Waals surface area contributed by atoms with Gasteiger partial charge in [0.15, 0.2) is 0 Å². The topological polar surface area (TPSA) is 93.7 Å². The summed E-state index contributed by atoms with van der Waals surface area (Å²) < 4.78 is 0. The molecule has 5 nitrogen and oxygen atoms in total. The Bertz CT molecular complexity index is 573. The van der Waals surface area contributed by atoms with Gasteiger partial charge in [-0.1, -0.05) is 55.2 Å². The van der Waals surface area contributed by atoms with Crippen LogP contribution in [0.2, 0.25) is 0 Å². The average molecular weight is 286 g/mol. The van der Waals surface area contributed by atoms with Crippen LogP contribution < -0.4 is 0 Å². The molecule has 0 aliphatic heterocycles. The summed E-state index contributed by atoms with van der Waals surface area (Å²) in [7, 11) is 0. The van der Waals surface area contributed by atoms with Crippen molar-refractivity contribution in [1.82, 2.24) is 0 Å². The molecule has 0 aromatic heterocycles. The number of amides is 1. The zero-order valence-corrected chi connectivity index (χ0v) is 11.6. The van der Waals surface area contributed by atoms with Gasteiger partial charge in [0.1, 0.15) is 0 Å². The fourth-order valence-corrected chi connectivity index (χ4v) is 1.93. The third-order valence-corrected chi connectivity index (χ3v) is 2.96. The van der Waals surface area contributed by atoms with E-state index < -0.39 is 11.8 Å². The fourth-order valence-electron chi connectivity index (χ4n) is 1.93. The number of hydrogen-bond acceptors (Lipinski definition) is 4. The highest BCUT2D eigenvalue weighted by atomic mass is 16.3. The number of benzene rings is 1. The van der Waals surface area contributed by atoms with E-state index in [9.17, 15) is 15.0 Å². The molecular formula is C16H18N2O3. The number of hydrogen-bond donors (Lipinski definition) is 3. The second-order valence-electron chi connectivity index (χ2n) is 4.27. The van der Waals surface area contributed by atoms with Gasteiger partial charge in [-0.3, -0.25) is 4.79 Å². The molecule has 1 aromatic rings. The first kappa shape index (κ1) is 16.7. The highest BCUT2D eigenvalue weighted by molar-refractivity contribution is 5.99. The molecule has 0 fully saturated rings. The predicted octanol–water partition coefficient (Wildman–Crippen LogP) is 2.68. The minimum absolute atomic E-state index is 0.226. The Labute approximate surface area is 123 Å². The third-order valence-electron chi connectivity index (χ3n) is 2.96. The normalized spacial score (nSPS) is 11.4. The van der Waals surface area contributed by atoms with Gasteiger partial charge in [-0.25, -0.2) is 5.53 Å². The molecule has 21 heavy (non-hydrogen) atoms. The molecule has 0 saturated heterocycles. The lowest BCUT2D eigenvalue weighted by molar-refractivity contribution is 0.0988. The second-order valence-corrected chi connectivity index (χ2v) is 4.27. The molecule has 3 N–H and O–H groups in total. The summed E-state index contributed by atoms with van der Waals surface area (Å²) in [5.41, 5.74) is 8.22. The number of carbonyl (C=O) groups is 1. The van der Waals surface area contributed by atoms with Crippen molar-refractivity contribution in [3.8, 4) is 0 Å². The van der Waals surface area contributed by atoms with Crippen LogP contribution in [0.4, 0.5) is 0 Å². The molecule has 0 aliphatic carbocycles. The minimum atomic E-state index is -0.704. The van der Waals surface area contributed by atoms with Gasteiger partial charge in [-0.05, 0) is 11.1 Å². The van der Waals surface area contributed by atoms with E-state index in [0.717, 1.165) is 0 Å². The molecule has 0 spiro atoms. The Balaban J connectivity index is 3.36. The highest BCUT2D eigenvalue weighted by Gasteiger charge is 2.20. The molecule has 0 saturated carbocycles. The van der Waals surface area contributed by atoms with Crippen LogP contribution in [0.3, 0.4) is 0 Å². The zero-order chi connectivity index (χ0) is 15.7. The van der Waals surface area contributed by atoms with Crippen LogP contribution in [0.1, 0.15) is 27.4 Å². The van der Waals surface area contributed by atoms with Crippen molar-refractivity contribution < 1.29 is 15.0 Å². The van der Waals surface area contributed by atoms with Crippen LogP contribution in [0.15, 0.2) is 54.2 Å². The Morgan fingerprint density at radius 1 is 1.29 bits per heavy atom. The maximum atomic E-state index is 11.9. The number of aliphatic hydroxyl groups is 2. The average Bonchev–Trinajstić information content (AvgIpc) is 2.52. The van der Waals surface area contributed by atoms with Crippen molar-refractivity contribution in [3.63, 3.8) is 0 Å². The molecule has 1 amide bonds. The molecule has 110 valence electrons. The minimum Gasteiger partial charge on any atom is -0.396 e. The third kappa shape index (κ3) is 4.30. The van der Waals surface area contributed by atoms with E-state index in [1.165, 1.54) is 0 Å². The van der Waals surface area contributed by atoms with Crippen LogP contribution in [0.5, 0.6) is 0 Å². The molecule has 5 heteroatoms. The van der Waals surface area contributed by atoms with E-state index in [4.69, 9.17) is 5.53 Å². The van der Waals surface area contributed by atoms with Crippen molar-refractivity contribution >= 4 is 12.0 Å². The standard InChI is InChI=1S/C16H18N2O3/c1-2-3-4-5-7-12-8-6-9-14(13(10-19)11-20)15(12)16(21)18-17/h2-9,13,17,19-20H,1,10-11H2/b4-3+,7-5+,18-17?. The SMILES string of the molecule is C=C/C=C/C=C/c1cccc(C(CO)CO)c1C(=O)N=N. The van der Waals surface area contributed by atoms with Crippen molar-refractivity contribution in [1.29, 1.82) is 5.53 Å². The molecule has 0 atom stereocenters. The van der Waals surface area contributed by atoms with Gasteiger partial charge < -0.3 is 10.2 Å². The van der Waals surface area contributed by atoms with E-state index >= 15 is 0 Å². The van der Waals surface area contributed by atoms with E-state index in [0.29, 0.717) is 11.1 Å². The lowest BCUT2D eigenvalue weighted by Gasteiger charge is -2.16. The summed E-state index contributed by atoms with van der Waals surface area (Å²) in [6.07, 6.45) is 8.55. The van der Waals surface area contributed by atoms with Crippen molar-refractivity contribution in [2.24, 2.45) is 5.11 Å². The van der Waals surface area contributed by atoms with Crippen LogP contribution in [-0.2, 0) is 0 Å². The van der Waals surface area contributed by atoms with Crippen LogP contribution in [0, 0.1) is 5.53 Å². The maximum Gasteiger partial charge on any atom is 0.295 e. The molecule has 0 heterocycles. The van der Waals surface area contributed by atoms with Crippen LogP contribution in [-0.4, -0.2) is 29.3 Å². The summed E-state index contributed by atoms with van der Waals surface area (Å²) in [4.78, 5) is 11.9. The first-order chi connectivity index (χ1) is 10.2. The first-order valence-electron chi connectivity index (χ1n) is 6.41. The monoisotopic (exact) mass is 286 g/mol. The summed E-state index contributed by atoms with van der Waals surface area (Å²) in [5, 5.41) is 21.6. The zero-order valence-electron chi connectivity index (χ0n) is 11.6. The smallest absolute Gasteiger partial charge is 0.295 e. The largest absolute Gasteiger partial charge is 0.396 e. The van der Waals surface area contributed by atoms with E-state index in [1.807, 2.05) is 0 Å². The Morgan fingerprint density at radius 3 is 2.57 bits per heavy atom. The lowest BCUT2D eigenvalue weighted by Crippen LogP contribution is -2.14. The first-order valence-corrected chi connectivity index (χ1v) is 6.41. The number of rotatable bonds is 7. The quantitative estimate of drug-likeness (QED) is 0.531. The number of carbonyl (C=O) groups excluding carboxylic acids is 1. The van der Waals surface area contributed by atoms with Crippen molar-refractivity contribution in [2.75, 3.05) is 13.2 Å². The summed E-state index contributed by atoms with van der Waals surface area (Å²) in [6.45, 7) is 2.97. The molecular weight excluding hydrogens is 268 g/mol. The highest BCUT2D eigenvalue weighted by Crippen LogP contribution is 2.25. The van der Waals surface area contributed by atoms with E-state index in [-0.39, 0.29) is 18.8 Å². The number of aliphatic hydroxyl groups excluding tert-OH is 2. The summed E-state index contributed by atoms with van der Waals surface area (Å²) in [5.74, 6) is -1.28. The molecule has 0 bridgehead atoms. The van der Waals surface area contributed by atoms with E-state index in [2.05, 4.69) is 11.7 Å². The Kier molecular flexibility index (Phi) is 6.94. The van der Waals surface area contributed by atoms with Gasteiger partial charge in [-0.2, -0.15) is 0 Å². The number of nitrogens with zero attached hydrogens (tertiary/aromatic N) is 1. The number of allylic oxidation sites excluding steroid dienone is 4. The van der Waals surface area contributed by atoms with Gasteiger partial charge in [-0.15, -0.1) is 5.11 Å². The van der Waals surface area contributed by atoms with Gasteiger partial charge >= 0.3 is 0 Å². The molecule has 1 rings (SSSR count). The van der Waals surface area contributed by atoms with Crippen LogP contribution in [0.25, 0.3) is 6.08 Å². The van der Waals surface area contributed by atoms with Crippen molar-refractivity contribution in [2.45, 2.75) is 5.92 Å². The van der Waals surface area contributed by atoms with Gasteiger partial charge in [0.2, 0.25) is 0 Å². The van der Waals surface area contributed by atoms with Gasteiger partial charge in [0, 0.05) is 5.92 Å². The van der Waals surface area contributed by atoms with Crippen molar-refractivity contribution in [3.05, 3.63) is 65.8 Å². The predicted molar refractivity (Wildman–Crippen MR) is 81.2 cm³/mol. The molecule has 0 aliphatic rings. The fraction of sp³-hybridized carbons (Fsp3) is 0.188. The summed E-state index contributed by atoms with van der Waals surface area (Å²) >= 11 is 0. The summed E-state index contributed by atoms with van der Waals surface area (Å²) in [6, 6.07) is 5.09. The van der Waals surface area contributed by atoms with E-state index in [1.54, 1.807) is 48.6 Å². The van der Waals surface area contributed by atoms with Gasteiger partial charge in [0.25, 0.3) is 5.91 Å². The second kappa shape index (κ2) is 8.73. The number of nitrogens with one attached hydrogen (secondary N) is 1. The Morgan fingerprint density at radius 2 is 2.00 bits per heavy atom. The Hall–Kier alpha value is -2.37. The molecule has 0 unspecified atom stereocenters. The maximum absolute atomic E-state index is 11.9. The lowest BCUT2D eigenvalue weighted by atomic mass is 9.91. The molecule has 0 radical (unpaired) electrons. The van der Waals surface area contributed by atoms with Crippen LogP contribution >= 0.6 is 0 Å². The van der Waals surface area contributed by atoms with Gasteiger partial charge in [0.05, 0.1) is 18.8 Å². The molecule has 1 aromatic carbocycles.